The Morgan fingerprint density at radius 1 is 0.975 bits per heavy atom. The molecule has 0 aliphatic carbocycles. The molecule has 4 rings (SSSR count). The van der Waals surface area contributed by atoms with Gasteiger partial charge in [-0.05, 0) is 68.8 Å². The molecule has 0 saturated heterocycles. The molecule has 1 heterocycles. The molecular weight excluding hydrogens is 559 g/mol. The first-order valence-electron chi connectivity index (χ1n) is 12.5. The molecule has 4 aromatic rings. The Balaban J connectivity index is 1.50. The van der Waals surface area contributed by atoms with Crippen molar-refractivity contribution in [1.29, 1.82) is 0 Å². The van der Waals surface area contributed by atoms with Crippen LogP contribution in [0.5, 0.6) is 11.5 Å². The van der Waals surface area contributed by atoms with E-state index in [4.69, 9.17) is 19.2 Å². The van der Waals surface area contributed by atoms with Crippen LogP contribution in [-0.4, -0.2) is 24.2 Å². The van der Waals surface area contributed by atoms with Gasteiger partial charge in [0.15, 0.2) is 6.61 Å². The third-order valence-electron chi connectivity index (χ3n) is 5.80. The normalized spacial score (nSPS) is 11.3. The minimum atomic E-state index is -4.40. The summed E-state index contributed by atoms with van der Waals surface area (Å²) < 4.78 is 55.6. The fourth-order valence-electron chi connectivity index (χ4n) is 3.68. The zero-order valence-corrected chi connectivity index (χ0v) is 23.8. The van der Waals surface area contributed by atoms with Gasteiger partial charge >= 0.3 is 12.1 Å². The second-order valence-electron chi connectivity index (χ2n) is 8.88. The van der Waals surface area contributed by atoms with Gasteiger partial charge in [-0.25, -0.2) is 9.78 Å². The van der Waals surface area contributed by atoms with Crippen LogP contribution in [0.15, 0.2) is 71.6 Å². The number of aromatic nitrogens is 1. The third kappa shape index (κ3) is 8.02. The van der Waals surface area contributed by atoms with Crippen LogP contribution in [0.1, 0.15) is 34.2 Å². The third-order valence-corrected chi connectivity index (χ3v) is 8.15. The summed E-state index contributed by atoms with van der Waals surface area (Å²) in [5, 5.41) is 0.630. The first-order valence-corrected chi connectivity index (χ1v) is 14.3. The van der Waals surface area contributed by atoms with E-state index in [2.05, 4.69) is 0 Å². The molecule has 1 aromatic heterocycles. The van der Waals surface area contributed by atoms with Crippen molar-refractivity contribution in [2.75, 3.05) is 13.2 Å². The number of benzene rings is 3. The number of thioether (sulfide) groups is 1. The fraction of sp³-hybridized carbons (Fsp3) is 0.267. The molecule has 0 fully saturated rings. The van der Waals surface area contributed by atoms with Crippen LogP contribution >= 0.6 is 23.1 Å². The highest BCUT2D eigenvalue weighted by Gasteiger charge is 2.30. The lowest BCUT2D eigenvalue weighted by molar-refractivity contribution is -0.145. The maximum atomic E-state index is 13.0. The summed E-state index contributed by atoms with van der Waals surface area (Å²) in [7, 11) is 0. The molecule has 0 bridgehead atoms. The Kier molecular flexibility index (Phi) is 9.76. The van der Waals surface area contributed by atoms with Crippen LogP contribution < -0.4 is 9.47 Å². The van der Waals surface area contributed by atoms with Gasteiger partial charge in [-0.15, -0.1) is 23.1 Å². The summed E-state index contributed by atoms with van der Waals surface area (Å²) >= 11 is 3.04. The molecule has 40 heavy (non-hydrogen) atoms. The van der Waals surface area contributed by atoms with E-state index in [1.54, 1.807) is 18.7 Å². The topological polar surface area (TPSA) is 57.7 Å². The van der Waals surface area contributed by atoms with Crippen LogP contribution in [-0.2, 0) is 28.1 Å². The summed E-state index contributed by atoms with van der Waals surface area (Å²) in [6.45, 7) is 6.02. The molecule has 0 atom stereocenters. The van der Waals surface area contributed by atoms with Gasteiger partial charge in [-0.1, -0.05) is 29.8 Å². The molecule has 0 unspecified atom stereocenters. The van der Waals surface area contributed by atoms with E-state index in [1.165, 1.54) is 23.5 Å². The first kappa shape index (κ1) is 29.5. The first-order chi connectivity index (χ1) is 19.1. The largest absolute Gasteiger partial charge is 0.487 e. The number of ether oxygens (including phenoxy) is 3. The number of hydrogen-bond acceptors (Lipinski definition) is 7. The van der Waals surface area contributed by atoms with Gasteiger partial charge in [0.2, 0.25) is 0 Å². The van der Waals surface area contributed by atoms with E-state index >= 15 is 0 Å². The Morgan fingerprint density at radius 3 is 2.35 bits per heavy atom. The number of aryl methyl sites for hydroxylation is 2. The standard InChI is InChI=1S/C30H28F3NO4S2/c1-4-36-28(35)17-38-26-14-13-24(15-20(26)3)39-18-27-25(16-37-23-11-5-19(2)6-12-23)34-29(40-27)21-7-9-22(10-8-21)30(31,32)33/h5-15H,4,16-18H2,1-3H3. The predicted molar refractivity (Wildman–Crippen MR) is 151 cm³/mol. The maximum Gasteiger partial charge on any atom is 0.416 e. The Morgan fingerprint density at radius 2 is 1.70 bits per heavy atom. The second-order valence-corrected chi connectivity index (χ2v) is 11.0. The maximum absolute atomic E-state index is 13.0. The zero-order valence-electron chi connectivity index (χ0n) is 22.2. The number of nitrogens with zero attached hydrogens (tertiary/aromatic N) is 1. The molecule has 0 saturated carbocycles. The monoisotopic (exact) mass is 587 g/mol. The van der Waals surface area contributed by atoms with E-state index in [9.17, 15) is 18.0 Å². The molecule has 0 amide bonds. The lowest BCUT2D eigenvalue weighted by Gasteiger charge is -2.10. The van der Waals surface area contributed by atoms with Crippen molar-refractivity contribution in [2.45, 2.75) is 44.2 Å². The van der Waals surface area contributed by atoms with Crippen molar-refractivity contribution in [3.8, 4) is 22.1 Å². The Labute approximate surface area is 239 Å². The molecule has 0 aliphatic rings. The average molecular weight is 588 g/mol. The van der Waals surface area contributed by atoms with Gasteiger partial charge in [0.1, 0.15) is 23.1 Å². The van der Waals surface area contributed by atoms with Gasteiger partial charge < -0.3 is 14.2 Å². The molecule has 10 heteroatoms. The van der Waals surface area contributed by atoms with Crippen molar-refractivity contribution in [3.05, 3.63) is 94.0 Å². The minimum Gasteiger partial charge on any atom is -0.487 e. The minimum absolute atomic E-state index is 0.154. The molecule has 0 aliphatic heterocycles. The second kappa shape index (κ2) is 13.2. The van der Waals surface area contributed by atoms with E-state index in [-0.39, 0.29) is 13.2 Å². The molecular formula is C30H28F3NO4S2. The van der Waals surface area contributed by atoms with Crippen LogP contribution in [0, 0.1) is 13.8 Å². The highest BCUT2D eigenvalue weighted by Crippen LogP contribution is 2.36. The van der Waals surface area contributed by atoms with Crippen LogP contribution in [0.25, 0.3) is 10.6 Å². The number of hydrogen-bond donors (Lipinski definition) is 0. The van der Waals surface area contributed by atoms with Crippen molar-refractivity contribution in [3.63, 3.8) is 0 Å². The van der Waals surface area contributed by atoms with Crippen molar-refractivity contribution in [1.82, 2.24) is 4.98 Å². The summed E-state index contributed by atoms with van der Waals surface area (Å²) in [5.41, 5.74) is 2.66. The predicted octanol–water partition coefficient (Wildman–Crippen LogP) is 8.26. The number of carbonyl (C=O) groups excluding carboxylic acids is 1. The summed E-state index contributed by atoms with van der Waals surface area (Å²) in [6.07, 6.45) is -4.40. The Hall–Kier alpha value is -3.50. The van der Waals surface area contributed by atoms with Crippen LogP contribution in [0.2, 0.25) is 0 Å². The smallest absolute Gasteiger partial charge is 0.416 e. The van der Waals surface area contributed by atoms with Crippen molar-refractivity contribution in [2.24, 2.45) is 0 Å². The fourth-order valence-corrected chi connectivity index (χ4v) is 5.85. The Bertz CT molecular complexity index is 1440. The number of rotatable bonds is 11. The van der Waals surface area contributed by atoms with E-state index in [0.717, 1.165) is 38.7 Å². The molecule has 0 spiro atoms. The lowest BCUT2D eigenvalue weighted by Crippen LogP contribution is -2.14. The van der Waals surface area contributed by atoms with Crippen LogP contribution in [0.4, 0.5) is 13.2 Å². The number of halogens is 3. The average Bonchev–Trinajstić information content (AvgIpc) is 3.34. The van der Waals surface area contributed by atoms with Gasteiger partial charge in [-0.2, -0.15) is 13.2 Å². The van der Waals surface area contributed by atoms with Gasteiger partial charge in [0.05, 0.1) is 17.9 Å². The van der Waals surface area contributed by atoms with E-state index in [0.29, 0.717) is 34.4 Å². The lowest BCUT2D eigenvalue weighted by atomic mass is 10.1. The van der Waals surface area contributed by atoms with Crippen molar-refractivity contribution >= 4 is 29.1 Å². The number of esters is 1. The molecule has 3 aromatic carbocycles. The number of alkyl halides is 3. The highest BCUT2D eigenvalue weighted by molar-refractivity contribution is 7.98. The van der Waals surface area contributed by atoms with E-state index in [1.807, 2.05) is 56.3 Å². The number of thiazole rings is 1. The quantitative estimate of drug-likeness (QED) is 0.130. The van der Waals surface area contributed by atoms with E-state index < -0.39 is 17.7 Å². The summed E-state index contributed by atoms with van der Waals surface area (Å²) in [4.78, 5) is 18.3. The molecule has 0 N–H and O–H groups in total. The van der Waals surface area contributed by atoms with Crippen molar-refractivity contribution < 1.29 is 32.2 Å². The van der Waals surface area contributed by atoms with Gasteiger partial charge in [-0.3, -0.25) is 0 Å². The zero-order chi connectivity index (χ0) is 28.7. The summed E-state index contributed by atoms with van der Waals surface area (Å²) in [5.74, 6) is 1.48. The van der Waals surface area contributed by atoms with Gasteiger partial charge in [0.25, 0.3) is 0 Å². The SMILES string of the molecule is CCOC(=O)COc1ccc(SCc2sc(-c3ccc(C(F)(F)F)cc3)nc2COc2ccc(C)cc2)cc1C. The highest BCUT2D eigenvalue weighted by atomic mass is 32.2. The van der Waals surface area contributed by atoms with Crippen LogP contribution in [0.3, 0.4) is 0 Å². The molecule has 0 radical (unpaired) electrons. The molecule has 5 nitrogen and oxygen atoms in total. The number of carbonyl (C=O) groups is 1. The summed E-state index contributed by atoms with van der Waals surface area (Å²) in [6, 6.07) is 18.4. The molecule has 210 valence electrons. The van der Waals surface area contributed by atoms with Gasteiger partial charge in [0, 0.05) is 21.1 Å².